The number of carbonyl (C=O) groups is 1. The monoisotopic (exact) mass is 288 g/mol. The number of hydrogen-bond acceptors (Lipinski definition) is 2. The molecule has 1 amide bonds. The molecule has 0 heterocycles. The van der Waals surface area contributed by atoms with Gasteiger partial charge in [0.1, 0.15) is 0 Å². The molecule has 3 heteroatoms. The molecule has 2 rings (SSSR count). The molecule has 0 saturated heterocycles. The van der Waals surface area contributed by atoms with E-state index in [2.05, 4.69) is 29.7 Å². The van der Waals surface area contributed by atoms with Crippen LogP contribution in [0.1, 0.15) is 45.1 Å². The fraction of sp³-hybridized carbons (Fsp3) is 0.611. The lowest BCUT2D eigenvalue weighted by atomic mass is 9.82. The number of benzene rings is 1. The van der Waals surface area contributed by atoms with Gasteiger partial charge in [-0.3, -0.25) is 4.79 Å². The van der Waals surface area contributed by atoms with Crippen LogP contribution in [0.5, 0.6) is 0 Å². The molecule has 1 fully saturated rings. The van der Waals surface area contributed by atoms with Crippen LogP contribution in [-0.2, 0) is 11.2 Å². The molecule has 3 nitrogen and oxygen atoms in total. The smallest absolute Gasteiger partial charge is 0.224 e. The number of anilines is 1. The summed E-state index contributed by atoms with van der Waals surface area (Å²) in [5.41, 5.74) is 2.23. The van der Waals surface area contributed by atoms with E-state index in [1.807, 2.05) is 19.1 Å². The summed E-state index contributed by atoms with van der Waals surface area (Å²) >= 11 is 0. The molecule has 0 aliphatic heterocycles. The van der Waals surface area contributed by atoms with Crippen LogP contribution in [0.4, 0.5) is 5.69 Å². The number of amides is 1. The highest BCUT2D eigenvalue weighted by molar-refractivity contribution is 5.78. The van der Waals surface area contributed by atoms with Gasteiger partial charge >= 0.3 is 0 Å². The molecule has 1 aliphatic carbocycles. The van der Waals surface area contributed by atoms with E-state index >= 15 is 0 Å². The molecule has 1 aromatic carbocycles. The topological polar surface area (TPSA) is 41.1 Å². The van der Waals surface area contributed by atoms with Crippen molar-refractivity contribution in [3.05, 3.63) is 29.8 Å². The zero-order valence-electron chi connectivity index (χ0n) is 13.3. The molecule has 0 bridgehead atoms. The highest BCUT2D eigenvalue weighted by Crippen LogP contribution is 2.28. The van der Waals surface area contributed by atoms with Crippen molar-refractivity contribution in [3.63, 3.8) is 0 Å². The summed E-state index contributed by atoms with van der Waals surface area (Å²) in [6.07, 6.45) is 5.94. The maximum absolute atomic E-state index is 11.5. The van der Waals surface area contributed by atoms with Crippen LogP contribution in [0.3, 0.4) is 0 Å². The third kappa shape index (κ3) is 5.41. The average molecular weight is 288 g/mol. The molecule has 0 spiro atoms. The number of likely N-dealkylation sites (N-methyl/N-ethyl adjacent to an activating group) is 1. The highest BCUT2D eigenvalue weighted by Gasteiger charge is 2.18. The SMILES string of the molecule is CCNC(=O)Cc1ccc(NCC2CCCC(C)C2)cc1. The second-order valence-corrected chi connectivity index (χ2v) is 6.35. The summed E-state index contributed by atoms with van der Waals surface area (Å²) in [6, 6.07) is 8.25. The van der Waals surface area contributed by atoms with E-state index in [1.54, 1.807) is 0 Å². The van der Waals surface area contributed by atoms with Crippen molar-refractivity contribution >= 4 is 11.6 Å². The summed E-state index contributed by atoms with van der Waals surface area (Å²) in [7, 11) is 0. The lowest BCUT2D eigenvalue weighted by molar-refractivity contribution is -0.120. The van der Waals surface area contributed by atoms with Gasteiger partial charge in [0.2, 0.25) is 5.91 Å². The van der Waals surface area contributed by atoms with E-state index < -0.39 is 0 Å². The molecule has 1 saturated carbocycles. The molecule has 0 aromatic heterocycles. The Hall–Kier alpha value is -1.51. The van der Waals surface area contributed by atoms with Crippen LogP contribution in [0.2, 0.25) is 0 Å². The van der Waals surface area contributed by atoms with Crippen molar-refractivity contribution in [2.24, 2.45) is 11.8 Å². The number of rotatable bonds is 6. The quantitative estimate of drug-likeness (QED) is 0.839. The van der Waals surface area contributed by atoms with Crippen molar-refractivity contribution in [2.45, 2.75) is 46.0 Å². The second kappa shape index (κ2) is 8.06. The van der Waals surface area contributed by atoms with Gasteiger partial charge in [-0.15, -0.1) is 0 Å². The predicted molar refractivity (Wildman–Crippen MR) is 88.4 cm³/mol. The lowest BCUT2D eigenvalue weighted by Crippen LogP contribution is -2.24. The first kappa shape index (κ1) is 15.9. The van der Waals surface area contributed by atoms with Crippen LogP contribution in [0.15, 0.2) is 24.3 Å². The molecule has 2 unspecified atom stereocenters. The third-order valence-corrected chi connectivity index (χ3v) is 4.33. The summed E-state index contributed by atoms with van der Waals surface area (Å²) in [4.78, 5) is 11.5. The van der Waals surface area contributed by atoms with Crippen LogP contribution >= 0.6 is 0 Å². The highest BCUT2D eigenvalue weighted by atomic mass is 16.1. The van der Waals surface area contributed by atoms with Crippen molar-refractivity contribution in [1.82, 2.24) is 5.32 Å². The summed E-state index contributed by atoms with van der Waals surface area (Å²) in [6.45, 7) is 6.07. The standard InChI is InChI=1S/C18H28N2O/c1-3-19-18(21)12-15-7-9-17(10-8-15)20-13-16-6-4-5-14(2)11-16/h7-10,14,16,20H,3-6,11-13H2,1-2H3,(H,19,21). The second-order valence-electron chi connectivity index (χ2n) is 6.35. The van der Waals surface area contributed by atoms with Gasteiger partial charge in [0, 0.05) is 18.8 Å². The molecule has 116 valence electrons. The molecule has 2 atom stereocenters. The Labute approximate surface area is 128 Å². The van der Waals surface area contributed by atoms with Crippen molar-refractivity contribution in [1.29, 1.82) is 0 Å². The zero-order valence-corrected chi connectivity index (χ0v) is 13.3. The minimum atomic E-state index is 0.0920. The Balaban J connectivity index is 1.78. The maximum Gasteiger partial charge on any atom is 0.224 e. The first-order valence-electron chi connectivity index (χ1n) is 8.27. The Morgan fingerprint density at radius 1 is 1.24 bits per heavy atom. The minimum absolute atomic E-state index is 0.0920. The molecule has 2 N–H and O–H groups in total. The van der Waals surface area contributed by atoms with E-state index in [1.165, 1.54) is 25.7 Å². The average Bonchev–Trinajstić information content (AvgIpc) is 2.47. The van der Waals surface area contributed by atoms with E-state index in [9.17, 15) is 4.79 Å². The molecule has 1 aliphatic rings. The Morgan fingerprint density at radius 2 is 2.00 bits per heavy atom. The number of hydrogen-bond donors (Lipinski definition) is 2. The van der Waals surface area contributed by atoms with Gasteiger partial charge in [-0.25, -0.2) is 0 Å². The largest absolute Gasteiger partial charge is 0.385 e. The van der Waals surface area contributed by atoms with Gasteiger partial charge in [-0.05, 0) is 49.3 Å². The molecule has 21 heavy (non-hydrogen) atoms. The van der Waals surface area contributed by atoms with Gasteiger partial charge in [0.05, 0.1) is 6.42 Å². The molecular formula is C18H28N2O. The van der Waals surface area contributed by atoms with Gasteiger partial charge in [-0.1, -0.05) is 31.9 Å². The first-order chi connectivity index (χ1) is 10.2. The van der Waals surface area contributed by atoms with Crippen molar-refractivity contribution < 1.29 is 4.79 Å². The molecule has 1 aromatic rings. The van der Waals surface area contributed by atoms with Crippen LogP contribution in [0, 0.1) is 11.8 Å². The summed E-state index contributed by atoms with van der Waals surface area (Å²) in [5.74, 6) is 1.78. The van der Waals surface area contributed by atoms with Gasteiger partial charge in [-0.2, -0.15) is 0 Å². The van der Waals surface area contributed by atoms with E-state index in [4.69, 9.17) is 0 Å². The first-order valence-corrected chi connectivity index (χ1v) is 8.27. The third-order valence-electron chi connectivity index (χ3n) is 4.33. The van der Waals surface area contributed by atoms with Gasteiger partial charge < -0.3 is 10.6 Å². The fourth-order valence-electron chi connectivity index (χ4n) is 3.19. The van der Waals surface area contributed by atoms with Crippen LogP contribution in [-0.4, -0.2) is 19.0 Å². The minimum Gasteiger partial charge on any atom is -0.385 e. The Bertz CT molecular complexity index is 441. The number of nitrogens with one attached hydrogen (secondary N) is 2. The fourth-order valence-corrected chi connectivity index (χ4v) is 3.19. The van der Waals surface area contributed by atoms with Gasteiger partial charge in [0.25, 0.3) is 0 Å². The van der Waals surface area contributed by atoms with E-state index in [0.29, 0.717) is 13.0 Å². The van der Waals surface area contributed by atoms with Crippen LogP contribution < -0.4 is 10.6 Å². The van der Waals surface area contributed by atoms with Gasteiger partial charge in [0.15, 0.2) is 0 Å². The number of carbonyl (C=O) groups excluding carboxylic acids is 1. The Kier molecular flexibility index (Phi) is 6.09. The zero-order chi connectivity index (χ0) is 15.1. The maximum atomic E-state index is 11.5. The van der Waals surface area contributed by atoms with Crippen molar-refractivity contribution in [3.8, 4) is 0 Å². The summed E-state index contributed by atoms with van der Waals surface area (Å²) in [5, 5.41) is 6.37. The van der Waals surface area contributed by atoms with E-state index in [0.717, 1.165) is 29.6 Å². The normalized spacial score (nSPS) is 21.8. The van der Waals surface area contributed by atoms with E-state index in [-0.39, 0.29) is 5.91 Å². The van der Waals surface area contributed by atoms with Crippen molar-refractivity contribution in [2.75, 3.05) is 18.4 Å². The Morgan fingerprint density at radius 3 is 2.67 bits per heavy atom. The molecule has 0 radical (unpaired) electrons. The lowest BCUT2D eigenvalue weighted by Gasteiger charge is -2.27. The van der Waals surface area contributed by atoms with Crippen LogP contribution in [0.25, 0.3) is 0 Å². The predicted octanol–water partition coefficient (Wildman–Crippen LogP) is 3.60. The molecular weight excluding hydrogens is 260 g/mol. The summed E-state index contributed by atoms with van der Waals surface area (Å²) < 4.78 is 0.